The van der Waals surface area contributed by atoms with Crippen LogP contribution < -0.4 is 15.5 Å². The quantitative estimate of drug-likeness (QED) is 0.741. The lowest BCUT2D eigenvalue weighted by Crippen LogP contribution is -2.56. The van der Waals surface area contributed by atoms with E-state index < -0.39 is 29.7 Å². The highest BCUT2D eigenvalue weighted by molar-refractivity contribution is 5.96. The molecule has 2 rings (SSSR count). The molecule has 0 unspecified atom stereocenters. The van der Waals surface area contributed by atoms with E-state index in [1.807, 2.05) is 6.92 Å². The van der Waals surface area contributed by atoms with Crippen molar-refractivity contribution in [2.75, 3.05) is 23.3 Å². The molecule has 3 N–H and O–H groups in total. The van der Waals surface area contributed by atoms with Gasteiger partial charge in [-0.3, -0.25) is 15.2 Å². The standard InChI is InChI=1S/C18H25N5O4/c1-11-8-21-10-15(12(11)7-19)23(17(25)26)14-5-6-20-9-13(14)22-16(24)27-18(2,3)4/h5-6,9,11-12,15,21H,8,10H2,1-4H3,(H,22,24)(H,25,26)/t11-,12-,15+/m0/s1. The molecule has 1 saturated heterocycles. The first-order valence-electron chi connectivity index (χ1n) is 8.70. The molecule has 1 aliphatic heterocycles. The molecule has 9 nitrogen and oxygen atoms in total. The number of hydrogen-bond donors (Lipinski definition) is 3. The summed E-state index contributed by atoms with van der Waals surface area (Å²) in [7, 11) is 0. The van der Waals surface area contributed by atoms with E-state index in [-0.39, 0.29) is 17.3 Å². The number of hydrogen-bond acceptors (Lipinski definition) is 6. The van der Waals surface area contributed by atoms with Crippen LogP contribution in [0.3, 0.4) is 0 Å². The van der Waals surface area contributed by atoms with Gasteiger partial charge >= 0.3 is 12.2 Å². The van der Waals surface area contributed by atoms with Gasteiger partial charge in [0.2, 0.25) is 0 Å². The van der Waals surface area contributed by atoms with Crippen molar-refractivity contribution in [3.63, 3.8) is 0 Å². The molecule has 0 bridgehead atoms. The Bertz CT molecular complexity index is 740. The number of piperidine rings is 1. The summed E-state index contributed by atoms with van der Waals surface area (Å²) in [5, 5.41) is 25.1. The van der Waals surface area contributed by atoms with Gasteiger partial charge in [0.25, 0.3) is 0 Å². The van der Waals surface area contributed by atoms with Gasteiger partial charge in [0.15, 0.2) is 0 Å². The first-order chi connectivity index (χ1) is 12.6. The highest BCUT2D eigenvalue weighted by Crippen LogP contribution is 2.32. The predicted molar refractivity (Wildman–Crippen MR) is 99.5 cm³/mol. The van der Waals surface area contributed by atoms with Crippen LogP contribution >= 0.6 is 0 Å². The number of nitrogens with one attached hydrogen (secondary N) is 2. The minimum Gasteiger partial charge on any atom is -0.465 e. The van der Waals surface area contributed by atoms with E-state index in [9.17, 15) is 20.0 Å². The van der Waals surface area contributed by atoms with Crippen LogP contribution in [0.4, 0.5) is 21.0 Å². The number of amides is 2. The number of rotatable bonds is 3. The first kappa shape index (κ1) is 20.5. The molecule has 1 aromatic heterocycles. The maximum atomic E-state index is 12.1. The van der Waals surface area contributed by atoms with E-state index in [0.717, 1.165) is 4.90 Å². The number of carbonyl (C=O) groups is 2. The lowest BCUT2D eigenvalue weighted by molar-refractivity contribution is 0.0635. The van der Waals surface area contributed by atoms with Gasteiger partial charge in [-0.15, -0.1) is 0 Å². The Labute approximate surface area is 158 Å². The Balaban J connectivity index is 2.37. The summed E-state index contributed by atoms with van der Waals surface area (Å²) in [5.74, 6) is -0.496. The van der Waals surface area contributed by atoms with Crippen LogP contribution in [0.25, 0.3) is 0 Å². The van der Waals surface area contributed by atoms with Crippen molar-refractivity contribution in [2.24, 2.45) is 11.8 Å². The lowest BCUT2D eigenvalue weighted by atomic mass is 9.84. The topological polar surface area (TPSA) is 128 Å². The molecule has 0 aliphatic carbocycles. The molecule has 0 spiro atoms. The fourth-order valence-electron chi connectivity index (χ4n) is 3.09. The smallest absolute Gasteiger partial charge is 0.412 e. The Morgan fingerprint density at radius 1 is 1.44 bits per heavy atom. The maximum absolute atomic E-state index is 12.1. The number of carboxylic acid groups (broad SMARTS) is 1. The third-order valence-corrected chi connectivity index (χ3v) is 4.23. The van der Waals surface area contributed by atoms with E-state index in [4.69, 9.17) is 4.74 Å². The van der Waals surface area contributed by atoms with Crippen molar-refractivity contribution < 1.29 is 19.4 Å². The lowest BCUT2D eigenvalue weighted by Gasteiger charge is -2.39. The number of carbonyl (C=O) groups excluding carboxylic acids is 1. The highest BCUT2D eigenvalue weighted by Gasteiger charge is 2.39. The number of anilines is 2. The molecular formula is C18H25N5O4. The second-order valence-corrected chi connectivity index (χ2v) is 7.53. The second-order valence-electron chi connectivity index (χ2n) is 7.53. The molecular weight excluding hydrogens is 350 g/mol. The minimum absolute atomic E-state index is 0.0142. The Morgan fingerprint density at radius 2 is 2.15 bits per heavy atom. The molecule has 27 heavy (non-hydrogen) atoms. The number of nitriles is 1. The molecule has 1 fully saturated rings. The van der Waals surface area contributed by atoms with Gasteiger partial charge in [-0.2, -0.15) is 5.26 Å². The van der Waals surface area contributed by atoms with Gasteiger partial charge in [-0.25, -0.2) is 9.59 Å². The van der Waals surface area contributed by atoms with Crippen molar-refractivity contribution in [3.8, 4) is 6.07 Å². The third-order valence-electron chi connectivity index (χ3n) is 4.23. The van der Waals surface area contributed by atoms with Gasteiger partial charge in [-0.05, 0) is 39.3 Å². The van der Waals surface area contributed by atoms with Gasteiger partial charge in [0, 0.05) is 12.7 Å². The number of pyridine rings is 1. The number of ether oxygens (including phenoxy) is 1. The Hall–Kier alpha value is -2.86. The maximum Gasteiger partial charge on any atom is 0.412 e. The van der Waals surface area contributed by atoms with Crippen molar-refractivity contribution >= 4 is 23.6 Å². The van der Waals surface area contributed by atoms with Crippen LogP contribution in [0.15, 0.2) is 18.5 Å². The van der Waals surface area contributed by atoms with E-state index >= 15 is 0 Å². The zero-order chi connectivity index (χ0) is 20.2. The van der Waals surface area contributed by atoms with E-state index in [1.165, 1.54) is 18.5 Å². The summed E-state index contributed by atoms with van der Waals surface area (Å²) >= 11 is 0. The van der Waals surface area contributed by atoms with Crippen LogP contribution in [-0.2, 0) is 4.74 Å². The van der Waals surface area contributed by atoms with Crippen LogP contribution in [0.5, 0.6) is 0 Å². The summed E-state index contributed by atoms with van der Waals surface area (Å²) in [6, 6.07) is 3.12. The average molecular weight is 375 g/mol. The summed E-state index contributed by atoms with van der Waals surface area (Å²) < 4.78 is 5.23. The van der Waals surface area contributed by atoms with Gasteiger partial charge in [0.1, 0.15) is 5.60 Å². The first-order valence-corrected chi connectivity index (χ1v) is 8.70. The van der Waals surface area contributed by atoms with Gasteiger partial charge in [-0.1, -0.05) is 6.92 Å². The van der Waals surface area contributed by atoms with Crippen molar-refractivity contribution in [1.29, 1.82) is 5.26 Å². The van der Waals surface area contributed by atoms with E-state index in [2.05, 4.69) is 21.7 Å². The molecule has 0 saturated carbocycles. The average Bonchev–Trinajstić information content (AvgIpc) is 2.55. The fourth-order valence-corrected chi connectivity index (χ4v) is 3.09. The molecule has 2 heterocycles. The zero-order valence-corrected chi connectivity index (χ0v) is 15.9. The summed E-state index contributed by atoms with van der Waals surface area (Å²) in [6.45, 7) is 8.07. The summed E-state index contributed by atoms with van der Waals surface area (Å²) in [4.78, 5) is 29.3. The molecule has 0 radical (unpaired) electrons. The molecule has 2 amide bonds. The van der Waals surface area contributed by atoms with Crippen LogP contribution in [0.2, 0.25) is 0 Å². The van der Waals surface area contributed by atoms with E-state index in [0.29, 0.717) is 13.1 Å². The molecule has 1 aromatic rings. The largest absolute Gasteiger partial charge is 0.465 e. The summed E-state index contributed by atoms with van der Waals surface area (Å²) in [6.07, 6.45) is 0.867. The van der Waals surface area contributed by atoms with Gasteiger partial charge in [0.05, 0.1) is 35.6 Å². The monoisotopic (exact) mass is 375 g/mol. The molecule has 1 aliphatic rings. The Kier molecular flexibility index (Phi) is 6.23. The van der Waals surface area contributed by atoms with Crippen molar-refractivity contribution in [2.45, 2.75) is 39.3 Å². The molecule has 0 aromatic carbocycles. The predicted octanol–water partition coefficient (Wildman–Crippen LogP) is 2.66. The number of aromatic nitrogens is 1. The molecule has 9 heteroatoms. The minimum atomic E-state index is -1.21. The van der Waals surface area contributed by atoms with Crippen LogP contribution in [0, 0.1) is 23.2 Å². The number of nitrogens with zero attached hydrogens (tertiary/aromatic N) is 3. The fraction of sp³-hybridized carbons (Fsp3) is 0.556. The molecule has 3 atom stereocenters. The Morgan fingerprint density at radius 3 is 2.74 bits per heavy atom. The zero-order valence-electron chi connectivity index (χ0n) is 15.9. The normalized spacial score (nSPS) is 22.4. The van der Waals surface area contributed by atoms with E-state index in [1.54, 1.807) is 20.8 Å². The van der Waals surface area contributed by atoms with Crippen molar-refractivity contribution in [1.82, 2.24) is 10.3 Å². The summed E-state index contributed by atoms with van der Waals surface area (Å²) in [5.41, 5.74) is -0.262. The molecule has 146 valence electrons. The highest BCUT2D eigenvalue weighted by atomic mass is 16.6. The SMILES string of the molecule is C[C@H]1CNC[C@@H](N(C(=O)O)c2ccncc2NC(=O)OC(C)(C)C)[C@H]1C#N. The van der Waals surface area contributed by atoms with Crippen LogP contribution in [0.1, 0.15) is 27.7 Å². The van der Waals surface area contributed by atoms with Crippen LogP contribution in [-0.4, -0.2) is 47.0 Å². The second kappa shape index (κ2) is 8.22. The van der Waals surface area contributed by atoms with Gasteiger partial charge < -0.3 is 15.2 Å². The van der Waals surface area contributed by atoms with Crippen molar-refractivity contribution in [3.05, 3.63) is 18.5 Å². The third kappa shape index (κ3) is 5.08.